The molecule has 1 fully saturated rings. The highest BCUT2D eigenvalue weighted by Gasteiger charge is 2.17. The molecule has 1 heterocycles. The van der Waals surface area contributed by atoms with Gasteiger partial charge in [-0.25, -0.2) is 0 Å². The minimum atomic E-state index is -0.0978. The second kappa shape index (κ2) is 5.26. The Morgan fingerprint density at radius 3 is 2.58 bits per heavy atom. The first-order chi connectivity index (χ1) is 9.33. The number of aromatic amines is 1. The molecule has 1 aliphatic carbocycles. The normalized spacial score (nSPS) is 15.6. The Morgan fingerprint density at radius 1 is 1.21 bits per heavy atom. The average Bonchev–Trinajstić information content (AvgIpc) is 3.12. The number of anilines is 1. The summed E-state index contributed by atoms with van der Waals surface area (Å²) in [5.41, 5.74) is 2.73. The standard InChI is InChI=1S/C15H17N3O/c19-15(18-14-9-16-17-10-14)13-7-5-12(6-8-13)11-3-1-2-4-11/h5-11H,1-4H2,(H,16,17)(H,18,19). The molecule has 4 nitrogen and oxygen atoms in total. The number of carbonyl (C=O) groups excluding carboxylic acids is 1. The Bertz CT molecular complexity index is 539. The first-order valence-corrected chi connectivity index (χ1v) is 6.73. The first-order valence-electron chi connectivity index (χ1n) is 6.73. The maximum absolute atomic E-state index is 12.0. The molecular weight excluding hydrogens is 238 g/mol. The van der Waals surface area contributed by atoms with Crippen molar-refractivity contribution in [3.05, 3.63) is 47.8 Å². The van der Waals surface area contributed by atoms with Crippen molar-refractivity contribution in [2.75, 3.05) is 5.32 Å². The summed E-state index contributed by atoms with van der Waals surface area (Å²) >= 11 is 0. The van der Waals surface area contributed by atoms with Gasteiger partial charge in [-0.15, -0.1) is 0 Å². The van der Waals surface area contributed by atoms with Gasteiger partial charge in [0.25, 0.3) is 5.91 Å². The molecule has 0 bridgehead atoms. The van der Waals surface area contributed by atoms with Gasteiger partial charge in [0.2, 0.25) is 0 Å². The van der Waals surface area contributed by atoms with Crippen LogP contribution in [0.5, 0.6) is 0 Å². The predicted molar refractivity (Wildman–Crippen MR) is 74.2 cm³/mol. The van der Waals surface area contributed by atoms with Gasteiger partial charge in [0.1, 0.15) is 0 Å². The number of hydrogen-bond donors (Lipinski definition) is 2. The Hall–Kier alpha value is -2.10. The summed E-state index contributed by atoms with van der Waals surface area (Å²) in [5.74, 6) is 0.588. The number of hydrogen-bond acceptors (Lipinski definition) is 2. The van der Waals surface area contributed by atoms with E-state index >= 15 is 0 Å². The van der Waals surface area contributed by atoms with Crippen molar-refractivity contribution in [1.29, 1.82) is 0 Å². The fraction of sp³-hybridized carbons (Fsp3) is 0.333. The molecule has 1 aliphatic rings. The van der Waals surface area contributed by atoms with Crippen LogP contribution < -0.4 is 5.32 Å². The van der Waals surface area contributed by atoms with Crippen molar-refractivity contribution >= 4 is 11.6 Å². The Labute approximate surface area is 112 Å². The van der Waals surface area contributed by atoms with E-state index in [4.69, 9.17) is 0 Å². The molecule has 1 aromatic heterocycles. The SMILES string of the molecule is O=C(Nc1cn[nH]c1)c1ccc(C2CCCC2)cc1. The molecule has 1 amide bonds. The smallest absolute Gasteiger partial charge is 0.255 e. The first kappa shape index (κ1) is 12.0. The van der Waals surface area contributed by atoms with E-state index in [-0.39, 0.29) is 5.91 Å². The van der Waals surface area contributed by atoms with E-state index in [2.05, 4.69) is 27.6 Å². The lowest BCUT2D eigenvalue weighted by Crippen LogP contribution is -2.11. The maximum Gasteiger partial charge on any atom is 0.255 e. The molecule has 3 rings (SSSR count). The highest BCUT2D eigenvalue weighted by atomic mass is 16.1. The van der Waals surface area contributed by atoms with Gasteiger partial charge in [-0.05, 0) is 36.5 Å². The van der Waals surface area contributed by atoms with Crippen LogP contribution >= 0.6 is 0 Å². The van der Waals surface area contributed by atoms with Crippen LogP contribution in [0.2, 0.25) is 0 Å². The molecule has 0 saturated heterocycles. The van der Waals surface area contributed by atoms with E-state index in [0.29, 0.717) is 17.2 Å². The number of rotatable bonds is 3. The molecule has 0 atom stereocenters. The minimum absolute atomic E-state index is 0.0978. The van der Waals surface area contributed by atoms with Gasteiger partial charge in [-0.1, -0.05) is 25.0 Å². The van der Waals surface area contributed by atoms with Crippen molar-refractivity contribution in [2.45, 2.75) is 31.6 Å². The zero-order valence-corrected chi connectivity index (χ0v) is 10.7. The number of carbonyl (C=O) groups is 1. The largest absolute Gasteiger partial charge is 0.319 e. The molecule has 0 unspecified atom stereocenters. The van der Waals surface area contributed by atoms with Gasteiger partial charge in [-0.3, -0.25) is 9.89 Å². The molecule has 1 saturated carbocycles. The molecule has 4 heteroatoms. The van der Waals surface area contributed by atoms with Crippen LogP contribution in [0.25, 0.3) is 0 Å². The van der Waals surface area contributed by atoms with Crippen LogP contribution in [0, 0.1) is 0 Å². The summed E-state index contributed by atoms with van der Waals surface area (Å²) < 4.78 is 0. The van der Waals surface area contributed by atoms with Crippen molar-refractivity contribution in [1.82, 2.24) is 10.2 Å². The number of aromatic nitrogens is 2. The third kappa shape index (κ3) is 2.67. The minimum Gasteiger partial charge on any atom is -0.319 e. The zero-order valence-electron chi connectivity index (χ0n) is 10.7. The third-order valence-corrected chi connectivity index (χ3v) is 3.76. The van der Waals surface area contributed by atoms with E-state index in [0.717, 1.165) is 0 Å². The van der Waals surface area contributed by atoms with Gasteiger partial charge >= 0.3 is 0 Å². The Balaban J connectivity index is 1.69. The van der Waals surface area contributed by atoms with E-state index in [9.17, 15) is 4.79 Å². The molecule has 2 aromatic rings. The molecule has 0 aliphatic heterocycles. The summed E-state index contributed by atoms with van der Waals surface area (Å²) in [7, 11) is 0. The number of nitrogens with one attached hydrogen (secondary N) is 2. The monoisotopic (exact) mass is 255 g/mol. The lowest BCUT2D eigenvalue weighted by molar-refractivity contribution is 0.102. The van der Waals surface area contributed by atoms with E-state index in [1.54, 1.807) is 12.4 Å². The molecule has 1 aromatic carbocycles. The summed E-state index contributed by atoms with van der Waals surface area (Å²) in [6, 6.07) is 7.98. The van der Waals surface area contributed by atoms with E-state index < -0.39 is 0 Å². The number of amides is 1. The number of nitrogens with zero attached hydrogens (tertiary/aromatic N) is 1. The lowest BCUT2D eigenvalue weighted by atomic mass is 9.96. The molecule has 0 radical (unpaired) electrons. The maximum atomic E-state index is 12.0. The number of benzene rings is 1. The molecule has 19 heavy (non-hydrogen) atoms. The van der Waals surface area contributed by atoms with Crippen LogP contribution in [0.15, 0.2) is 36.7 Å². The summed E-state index contributed by atoms with van der Waals surface area (Å²) in [6.45, 7) is 0. The quantitative estimate of drug-likeness (QED) is 0.883. The van der Waals surface area contributed by atoms with Crippen molar-refractivity contribution in [3.8, 4) is 0 Å². The molecule has 2 N–H and O–H groups in total. The average molecular weight is 255 g/mol. The third-order valence-electron chi connectivity index (χ3n) is 3.76. The van der Waals surface area contributed by atoms with Crippen LogP contribution in [0.4, 0.5) is 5.69 Å². The molecule has 98 valence electrons. The van der Waals surface area contributed by atoms with Crippen molar-refractivity contribution < 1.29 is 4.79 Å². The summed E-state index contributed by atoms with van der Waals surface area (Å²) in [4.78, 5) is 12.0. The fourth-order valence-corrected chi connectivity index (χ4v) is 2.69. The summed E-state index contributed by atoms with van der Waals surface area (Å²) in [5, 5.41) is 9.26. The lowest BCUT2D eigenvalue weighted by Gasteiger charge is -2.10. The molecule has 0 spiro atoms. The fourth-order valence-electron chi connectivity index (χ4n) is 2.69. The van der Waals surface area contributed by atoms with Crippen LogP contribution in [-0.2, 0) is 0 Å². The van der Waals surface area contributed by atoms with Gasteiger partial charge < -0.3 is 5.32 Å². The zero-order chi connectivity index (χ0) is 13.1. The second-order valence-electron chi connectivity index (χ2n) is 5.04. The predicted octanol–water partition coefficient (Wildman–Crippen LogP) is 3.32. The highest BCUT2D eigenvalue weighted by molar-refractivity contribution is 6.04. The van der Waals surface area contributed by atoms with E-state index in [1.807, 2.05) is 12.1 Å². The second-order valence-corrected chi connectivity index (χ2v) is 5.04. The Morgan fingerprint density at radius 2 is 1.95 bits per heavy atom. The van der Waals surface area contributed by atoms with Crippen molar-refractivity contribution in [3.63, 3.8) is 0 Å². The molecular formula is C15H17N3O. The highest BCUT2D eigenvalue weighted by Crippen LogP contribution is 2.33. The van der Waals surface area contributed by atoms with Gasteiger partial charge in [0, 0.05) is 11.8 Å². The van der Waals surface area contributed by atoms with Crippen LogP contribution in [-0.4, -0.2) is 16.1 Å². The van der Waals surface area contributed by atoms with Crippen LogP contribution in [0.1, 0.15) is 47.5 Å². The van der Waals surface area contributed by atoms with Gasteiger partial charge in [0.05, 0.1) is 11.9 Å². The van der Waals surface area contributed by atoms with Crippen molar-refractivity contribution in [2.24, 2.45) is 0 Å². The number of H-pyrrole nitrogens is 1. The van der Waals surface area contributed by atoms with Gasteiger partial charge in [-0.2, -0.15) is 5.10 Å². The summed E-state index contributed by atoms with van der Waals surface area (Å²) in [6.07, 6.45) is 8.46. The van der Waals surface area contributed by atoms with Gasteiger partial charge in [0.15, 0.2) is 0 Å². The topological polar surface area (TPSA) is 57.8 Å². The van der Waals surface area contributed by atoms with Crippen LogP contribution in [0.3, 0.4) is 0 Å². The Kier molecular flexibility index (Phi) is 3.31. The van der Waals surface area contributed by atoms with E-state index in [1.165, 1.54) is 31.2 Å².